The molecule has 0 amide bonds. The van der Waals surface area contributed by atoms with Gasteiger partial charge in [0.15, 0.2) is 0 Å². The van der Waals surface area contributed by atoms with Crippen LogP contribution in [0.15, 0.2) is 31.8 Å². The van der Waals surface area contributed by atoms with Gasteiger partial charge in [0.1, 0.15) is 5.01 Å². The first-order valence-electron chi connectivity index (χ1n) is 4.05. The summed E-state index contributed by atoms with van der Waals surface area (Å²) in [6.07, 6.45) is 2.97. The van der Waals surface area contributed by atoms with E-state index in [-0.39, 0.29) is 12.1 Å². The van der Waals surface area contributed by atoms with E-state index in [0.717, 1.165) is 9.57 Å². The maximum atomic E-state index is 11.6. The number of hydrogen-bond donors (Lipinski definition) is 1. The Hall–Kier alpha value is -1.21. The van der Waals surface area contributed by atoms with E-state index in [1.807, 2.05) is 0 Å². The molecule has 2 heterocycles. The van der Waals surface area contributed by atoms with E-state index in [4.69, 9.17) is 0 Å². The first-order chi connectivity index (χ1) is 7.18. The second-order valence-corrected chi connectivity index (χ2v) is 4.59. The van der Waals surface area contributed by atoms with Crippen molar-refractivity contribution in [3.63, 3.8) is 0 Å². The maximum Gasteiger partial charge on any atom is 0.328 e. The smallest absolute Gasteiger partial charge is 0.313 e. The topological polar surface area (TPSA) is 67.8 Å². The number of rotatable bonds is 2. The van der Waals surface area contributed by atoms with Crippen LogP contribution in [0.1, 0.15) is 5.01 Å². The quantitative estimate of drug-likeness (QED) is 0.889. The third-order valence-electron chi connectivity index (χ3n) is 1.79. The van der Waals surface area contributed by atoms with Crippen LogP contribution in [-0.4, -0.2) is 14.5 Å². The lowest BCUT2D eigenvalue weighted by molar-refractivity contribution is 0.690. The molecule has 1 N–H and O–H groups in total. The molecule has 0 aromatic carbocycles. The fourth-order valence-corrected chi connectivity index (χ4v) is 2.03. The molecular weight excluding hydrogens is 282 g/mol. The van der Waals surface area contributed by atoms with Crippen molar-refractivity contribution in [3.05, 3.63) is 48.1 Å². The van der Waals surface area contributed by atoms with Gasteiger partial charge in [-0.3, -0.25) is 9.36 Å². The zero-order valence-electron chi connectivity index (χ0n) is 7.44. The Kier molecular flexibility index (Phi) is 2.83. The molecule has 0 bridgehead atoms. The predicted octanol–water partition coefficient (Wildman–Crippen LogP) is 0.804. The van der Waals surface area contributed by atoms with Crippen molar-refractivity contribution in [2.24, 2.45) is 0 Å². The first-order valence-corrected chi connectivity index (χ1v) is 5.72. The van der Waals surface area contributed by atoms with Crippen molar-refractivity contribution in [2.75, 3.05) is 0 Å². The zero-order chi connectivity index (χ0) is 10.8. The van der Waals surface area contributed by atoms with Crippen LogP contribution in [0.2, 0.25) is 0 Å². The molecule has 2 aromatic heterocycles. The van der Waals surface area contributed by atoms with Gasteiger partial charge in [-0.2, -0.15) is 0 Å². The third kappa shape index (κ3) is 2.07. The molecule has 0 aliphatic carbocycles. The van der Waals surface area contributed by atoms with Crippen molar-refractivity contribution in [1.29, 1.82) is 0 Å². The molecule has 0 aliphatic heterocycles. The highest BCUT2D eigenvalue weighted by Crippen LogP contribution is 2.04. The Balaban J connectivity index is 2.49. The molecule has 0 fully saturated rings. The van der Waals surface area contributed by atoms with Crippen LogP contribution >= 0.6 is 27.3 Å². The highest BCUT2D eigenvalue weighted by molar-refractivity contribution is 9.10. The molecular formula is C8H6BrN3O2S. The van der Waals surface area contributed by atoms with Crippen LogP contribution in [0.25, 0.3) is 0 Å². The highest BCUT2D eigenvalue weighted by Gasteiger charge is 2.06. The van der Waals surface area contributed by atoms with E-state index in [2.05, 4.69) is 25.9 Å². The van der Waals surface area contributed by atoms with E-state index >= 15 is 0 Å². The predicted molar refractivity (Wildman–Crippen MR) is 60.2 cm³/mol. The van der Waals surface area contributed by atoms with Gasteiger partial charge in [0.05, 0.1) is 11.0 Å². The van der Waals surface area contributed by atoms with E-state index in [9.17, 15) is 9.59 Å². The summed E-state index contributed by atoms with van der Waals surface area (Å²) in [5.41, 5.74) is -0.785. The number of aromatic nitrogens is 3. The molecule has 5 nitrogen and oxygen atoms in total. The summed E-state index contributed by atoms with van der Waals surface area (Å²) >= 11 is 4.47. The largest absolute Gasteiger partial charge is 0.328 e. The van der Waals surface area contributed by atoms with Crippen molar-refractivity contribution < 1.29 is 0 Å². The monoisotopic (exact) mass is 287 g/mol. The minimum Gasteiger partial charge on any atom is -0.313 e. The van der Waals surface area contributed by atoms with Crippen LogP contribution < -0.4 is 11.2 Å². The summed E-state index contributed by atoms with van der Waals surface area (Å²) in [4.78, 5) is 29.4. The minimum absolute atomic E-state index is 0.200. The van der Waals surface area contributed by atoms with Gasteiger partial charge in [-0.05, 0) is 15.9 Å². The zero-order valence-corrected chi connectivity index (χ0v) is 9.84. The molecule has 0 radical (unpaired) electrons. The lowest BCUT2D eigenvalue weighted by Gasteiger charge is -2.01. The second kappa shape index (κ2) is 4.11. The summed E-state index contributed by atoms with van der Waals surface area (Å²) in [6, 6.07) is 0. The van der Waals surface area contributed by atoms with E-state index in [1.165, 1.54) is 17.5 Å². The fraction of sp³-hybridized carbons (Fsp3) is 0.125. The number of nitrogens with zero attached hydrogens (tertiary/aromatic N) is 2. The molecule has 2 rings (SSSR count). The van der Waals surface area contributed by atoms with E-state index < -0.39 is 5.69 Å². The maximum absolute atomic E-state index is 11.6. The summed E-state index contributed by atoms with van der Waals surface area (Å²) in [7, 11) is 0. The Bertz CT molecular complexity index is 572. The average molecular weight is 288 g/mol. The van der Waals surface area contributed by atoms with Crippen LogP contribution in [0, 0.1) is 0 Å². The van der Waals surface area contributed by atoms with Gasteiger partial charge in [0.2, 0.25) is 0 Å². The van der Waals surface area contributed by atoms with Crippen LogP contribution in [0.4, 0.5) is 0 Å². The van der Waals surface area contributed by atoms with Crippen LogP contribution in [-0.2, 0) is 6.54 Å². The summed E-state index contributed by atoms with van der Waals surface area (Å²) in [5.74, 6) is 0. The molecule has 2 aromatic rings. The molecule has 78 valence electrons. The molecule has 15 heavy (non-hydrogen) atoms. The van der Waals surface area contributed by atoms with Gasteiger partial charge in [0.25, 0.3) is 5.56 Å². The normalized spacial score (nSPS) is 10.5. The van der Waals surface area contributed by atoms with Crippen molar-refractivity contribution in [1.82, 2.24) is 14.5 Å². The van der Waals surface area contributed by atoms with Crippen LogP contribution in [0.5, 0.6) is 0 Å². The molecule has 0 saturated heterocycles. The molecule has 0 atom stereocenters. The molecule has 0 saturated carbocycles. The number of aromatic amines is 1. The highest BCUT2D eigenvalue weighted by atomic mass is 79.9. The molecule has 0 aliphatic rings. The number of H-pyrrole nitrogens is 1. The van der Waals surface area contributed by atoms with Gasteiger partial charge in [-0.1, -0.05) is 0 Å². The number of halogens is 1. The van der Waals surface area contributed by atoms with Gasteiger partial charge < -0.3 is 4.98 Å². The van der Waals surface area contributed by atoms with E-state index in [0.29, 0.717) is 4.47 Å². The van der Waals surface area contributed by atoms with Crippen LogP contribution in [0.3, 0.4) is 0 Å². The van der Waals surface area contributed by atoms with Gasteiger partial charge >= 0.3 is 5.69 Å². The van der Waals surface area contributed by atoms with Crippen molar-refractivity contribution in [2.45, 2.75) is 6.54 Å². The Morgan fingerprint density at radius 2 is 2.33 bits per heavy atom. The Morgan fingerprint density at radius 1 is 1.53 bits per heavy atom. The minimum atomic E-state index is -0.432. The summed E-state index contributed by atoms with van der Waals surface area (Å²) < 4.78 is 1.43. The molecule has 0 unspecified atom stereocenters. The number of thiazole rings is 1. The standard InChI is InChI=1S/C8H6BrN3O2S/c9-5-3-11-8(14)12(7(5)13)4-6-10-1-2-15-6/h1-3H,4H2,(H,11,14). The van der Waals surface area contributed by atoms with Crippen molar-refractivity contribution in [3.8, 4) is 0 Å². The number of nitrogens with one attached hydrogen (secondary N) is 1. The average Bonchev–Trinajstić information content (AvgIpc) is 2.71. The fourth-order valence-electron chi connectivity index (χ4n) is 1.10. The molecule has 0 spiro atoms. The third-order valence-corrected chi connectivity index (χ3v) is 3.13. The first kappa shape index (κ1) is 10.3. The molecule has 7 heteroatoms. The lowest BCUT2D eigenvalue weighted by atomic mass is 10.6. The van der Waals surface area contributed by atoms with Crippen molar-refractivity contribution >= 4 is 27.3 Å². The van der Waals surface area contributed by atoms with Gasteiger partial charge in [-0.25, -0.2) is 9.78 Å². The van der Waals surface area contributed by atoms with E-state index in [1.54, 1.807) is 11.6 Å². The Morgan fingerprint density at radius 3 is 3.00 bits per heavy atom. The van der Waals surface area contributed by atoms with Gasteiger partial charge in [-0.15, -0.1) is 11.3 Å². The van der Waals surface area contributed by atoms with Gasteiger partial charge in [0, 0.05) is 17.8 Å². The SMILES string of the molecule is O=c1[nH]cc(Br)c(=O)n1Cc1nccs1. The number of hydrogen-bond acceptors (Lipinski definition) is 4. The summed E-state index contributed by atoms with van der Waals surface area (Å²) in [6.45, 7) is 0.200. The summed E-state index contributed by atoms with van der Waals surface area (Å²) in [5, 5.41) is 2.52. The lowest BCUT2D eigenvalue weighted by Crippen LogP contribution is -2.35. The Labute approximate surface area is 96.6 Å². The second-order valence-electron chi connectivity index (χ2n) is 2.76.